The van der Waals surface area contributed by atoms with E-state index in [4.69, 9.17) is 4.84 Å². The Balaban J connectivity index is 2.44. The lowest BCUT2D eigenvalue weighted by molar-refractivity contribution is -0.192. The number of nitrogens with one attached hydrogen (secondary N) is 1. The molecule has 0 bridgehead atoms. The third-order valence-corrected chi connectivity index (χ3v) is 1.85. The van der Waals surface area contributed by atoms with Crippen LogP contribution < -0.4 is 5.32 Å². The Kier molecular flexibility index (Phi) is 3.05. The maximum atomic E-state index is 11.4. The lowest BCUT2D eigenvalue weighted by atomic mass is 10.3. The fourth-order valence-corrected chi connectivity index (χ4v) is 1.28. The van der Waals surface area contributed by atoms with E-state index in [1.807, 2.05) is 13.8 Å². The summed E-state index contributed by atoms with van der Waals surface area (Å²) in [6, 6.07) is -0.0521. The first-order valence-electron chi connectivity index (χ1n) is 4.30. The smallest absolute Gasteiger partial charge is 0.263 e. The maximum absolute atomic E-state index is 11.4. The molecule has 1 fully saturated rings. The molecule has 0 aromatic carbocycles. The van der Waals surface area contributed by atoms with Crippen LogP contribution in [0.4, 0.5) is 0 Å². The Morgan fingerprint density at radius 3 is 2.75 bits per heavy atom. The molecule has 1 unspecified atom stereocenters. The van der Waals surface area contributed by atoms with Crippen LogP contribution in [0.1, 0.15) is 20.3 Å². The molecule has 0 aromatic rings. The van der Waals surface area contributed by atoms with Gasteiger partial charge in [-0.3, -0.25) is 9.63 Å². The number of hydroxylamine groups is 2. The molecule has 0 saturated carbocycles. The maximum Gasteiger partial charge on any atom is 0.263 e. The zero-order valence-corrected chi connectivity index (χ0v) is 7.83. The minimum atomic E-state index is -0.0521. The van der Waals surface area contributed by atoms with Gasteiger partial charge in [-0.2, -0.15) is 0 Å². The molecule has 4 nitrogen and oxygen atoms in total. The highest BCUT2D eigenvalue weighted by molar-refractivity contribution is 5.82. The first kappa shape index (κ1) is 9.48. The van der Waals surface area contributed by atoms with Crippen LogP contribution in [-0.4, -0.2) is 36.7 Å². The Morgan fingerprint density at radius 1 is 1.67 bits per heavy atom. The van der Waals surface area contributed by atoms with Crippen molar-refractivity contribution in [2.75, 3.05) is 13.6 Å². The molecule has 1 N–H and O–H groups in total. The largest absolute Gasteiger partial charge is 0.309 e. The van der Waals surface area contributed by atoms with Crippen molar-refractivity contribution in [2.45, 2.75) is 32.4 Å². The second-order valence-electron chi connectivity index (χ2n) is 3.22. The Bertz CT molecular complexity index is 170. The number of rotatable bonds is 3. The molecule has 1 atom stereocenters. The normalized spacial score (nSPS) is 24.2. The number of nitrogens with zero attached hydrogens (tertiary/aromatic N) is 1. The monoisotopic (exact) mass is 172 g/mol. The van der Waals surface area contributed by atoms with Crippen LogP contribution in [0.2, 0.25) is 0 Å². The lowest BCUT2D eigenvalue weighted by Gasteiger charge is -2.18. The molecule has 1 saturated heterocycles. The van der Waals surface area contributed by atoms with Crippen molar-refractivity contribution < 1.29 is 9.63 Å². The van der Waals surface area contributed by atoms with Gasteiger partial charge in [0.05, 0.1) is 18.7 Å². The summed E-state index contributed by atoms with van der Waals surface area (Å²) >= 11 is 0. The predicted molar refractivity (Wildman–Crippen MR) is 45.4 cm³/mol. The number of hydrogen-bond donors (Lipinski definition) is 1. The molecule has 1 heterocycles. The molecule has 0 aromatic heterocycles. The minimum Gasteiger partial charge on any atom is -0.309 e. The van der Waals surface area contributed by atoms with Gasteiger partial charge in [0.25, 0.3) is 5.91 Å². The Morgan fingerprint density at radius 2 is 2.33 bits per heavy atom. The van der Waals surface area contributed by atoms with Crippen LogP contribution in [0.15, 0.2) is 0 Å². The van der Waals surface area contributed by atoms with Gasteiger partial charge in [0.1, 0.15) is 0 Å². The summed E-state index contributed by atoms with van der Waals surface area (Å²) in [7, 11) is 1.79. The van der Waals surface area contributed by atoms with Gasteiger partial charge in [-0.25, -0.2) is 5.06 Å². The zero-order valence-electron chi connectivity index (χ0n) is 7.83. The molecule has 1 aliphatic rings. The molecule has 1 aliphatic heterocycles. The molecule has 0 spiro atoms. The molecule has 12 heavy (non-hydrogen) atoms. The summed E-state index contributed by atoms with van der Waals surface area (Å²) in [6.45, 7) is 4.53. The first-order chi connectivity index (χ1) is 5.65. The van der Waals surface area contributed by atoms with Crippen molar-refractivity contribution in [3.63, 3.8) is 0 Å². The van der Waals surface area contributed by atoms with Crippen LogP contribution >= 0.6 is 0 Å². The molecule has 1 rings (SSSR count). The van der Waals surface area contributed by atoms with E-state index in [2.05, 4.69) is 5.32 Å². The fraction of sp³-hybridized carbons (Fsp3) is 0.875. The van der Waals surface area contributed by atoms with E-state index in [0.29, 0.717) is 6.54 Å². The number of likely N-dealkylation sites (N-methyl/N-ethyl adjacent to an activating group) is 1. The summed E-state index contributed by atoms with van der Waals surface area (Å²) in [5, 5.41) is 4.40. The van der Waals surface area contributed by atoms with E-state index in [1.54, 1.807) is 7.05 Å². The van der Waals surface area contributed by atoms with Gasteiger partial charge in [0.2, 0.25) is 0 Å². The van der Waals surface area contributed by atoms with E-state index in [9.17, 15) is 4.79 Å². The average Bonchev–Trinajstić information content (AvgIpc) is 2.32. The number of carbonyl (C=O) groups is 1. The van der Waals surface area contributed by atoms with E-state index >= 15 is 0 Å². The summed E-state index contributed by atoms with van der Waals surface area (Å²) in [5.74, 6) is 0.0474. The highest BCUT2D eigenvalue weighted by atomic mass is 16.7. The van der Waals surface area contributed by atoms with Crippen LogP contribution in [-0.2, 0) is 9.63 Å². The van der Waals surface area contributed by atoms with Crippen LogP contribution in [0, 0.1) is 0 Å². The van der Waals surface area contributed by atoms with Gasteiger partial charge in [-0.15, -0.1) is 0 Å². The SMILES string of the molecule is CNC1CCN(OC(C)C)C1=O. The lowest BCUT2D eigenvalue weighted by Crippen LogP contribution is -2.37. The van der Waals surface area contributed by atoms with Gasteiger partial charge in [0.15, 0.2) is 0 Å². The topological polar surface area (TPSA) is 41.6 Å². The summed E-state index contributed by atoms with van der Waals surface area (Å²) in [6.07, 6.45) is 0.909. The number of amides is 1. The van der Waals surface area contributed by atoms with Gasteiger partial charge in [-0.05, 0) is 27.3 Å². The third-order valence-electron chi connectivity index (χ3n) is 1.85. The molecule has 0 aliphatic carbocycles. The molecular weight excluding hydrogens is 156 g/mol. The summed E-state index contributed by atoms with van der Waals surface area (Å²) in [5.41, 5.74) is 0. The van der Waals surface area contributed by atoms with Crippen molar-refractivity contribution in [1.29, 1.82) is 0 Å². The van der Waals surface area contributed by atoms with E-state index in [-0.39, 0.29) is 18.1 Å². The molecule has 70 valence electrons. The molecule has 1 amide bonds. The average molecular weight is 172 g/mol. The van der Waals surface area contributed by atoms with Crippen LogP contribution in [0.5, 0.6) is 0 Å². The van der Waals surface area contributed by atoms with Crippen LogP contribution in [0.3, 0.4) is 0 Å². The molecular formula is C8H16N2O2. The Labute approximate surface area is 72.8 Å². The second-order valence-corrected chi connectivity index (χ2v) is 3.22. The van der Waals surface area contributed by atoms with Gasteiger partial charge in [0, 0.05) is 0 Å². The van der Waals surface area contributed by atoms with Crippen molar-refractivity contribution in [3.8, 4) is 0 Å². The van der Waals surface area contributed by atoms with Crippen molar-refractivity contribution in [1.82, 2.24) is 10.4 Å². The van der Waals surface area contributed by atoms with Gasteiger partial charge in [-0.1, -0.05) is 0 Å². The quantitative estimate of drug-likeness (QED) is 0.658. The second kappa shape index (κ2) is 3.87. The molecule has 4 heteroatoms. The standard InChI is InChI=1S/C8H16N2O2/c1-6(2)12-10-5-4-7(9-3)8(10)11/h6-7,9H,4-5H2,1-3H3. The highest BCUT2D eigenvalue weighted by Crippen LogP contribution is 2.12. The summed E-state index contributed by atoms with van der Waals surface area (Å²) in [4.78, 5) is 16.7. The van der Waals surface area contributed by atoms with E-state index in [1.165, 1.54) is 5.06 Å². The van der Waals surface area contributed by atoms with Crippen molar-refractivity contribution in [3.05, 3.63) is 0 Å². The van der Waals surface area contributed by atoms with Crippen molar-refractivity contribution in [2.24, 2.45) is 0 Å². The minimum absolute atomic E-state index is 0.0474. The fourth-order valence-electron chi connectivity index (χ4n) is 1.28. The van der Waals surface area contributed by atoms with E-state index < -0.39 is 0 Å². The van der Waals surface area contributed by atoms with Gasteiger partial charge >= 0.3 is 0 Å². The molecule has 0 radical (unpaired) electrons. The zero-order chi connectivity index (χ0) is 9.14. The van der Waals surface area contributed by atoms with E-state index in [0.717, 1.165) is 6.42 Å². The third kappa shape index (κ3) is 1.95. The predicted octanol–water partition coefficient (Wildman–Crippen LogP) is 0.147. The first-order valence-corrected chi connectivity index (χ1v) is 4.30. The van der Waals surface area contributed by atoms with Gasteiger partial charge < -0.3 is 5.32 Å². The number of carbonyl (C=O) groups excluding carboxylic acids is 1. The highest BCUT2D eigenvalue weighted by Gasteiger charge is 2.31. The summed E-state index contributed by atoms with van der Waals surface area (Å²) < 4.78 is 0. The van der Waals surface area contributed by atoms with Crippen LogP contribution in [0.25, 0.3) is 0 Å². The van der Waals surface area contributed by atoms with Crippen molar-refractivity contribution >= 4 is 5.91 Å². The Hall–Kier alpha value is -0.610. The number of hydrogen-bond acceptors (Lipinski definition) is 3.